The molecular formula is C14H14BrClN2O. The number of aromatic nitrogens is 1. The van der Waals surface area contributed by atoms with E-state index in [1.54, 1.807) is 6.20 Å². The summed E-state index contributed by atoms with van der Waals surface area (Å²) in [5.74, 6) is 0.707. The van der Waals surface area contributed by atoms with Gasteiger partial charge in [0, 0.05) is 29.1 Å². The van der Waals surface area contributed by atoms with Gasteiger partial charge in [-0.3, -0.25) is 4.98 Å². The quantitative estimate of drug-likeness (QED) is 0.869. The molecule has 0 radical (unpaired) electrons. The zero-order valence-corrected chi connectivity index (χ0v) is 12.8. The van der Waals surface area contributed by atoms with Crippen LogP contribution in [0.25, 0.3) is 0 Å². The standard InChI is InChI=1S/C14H14BrClN2O/c1-2-19-14-4-3-12(6-13(14)16)18-8-10-5-11(15)9-17-7-10/h3-7,9,18H,2,8H2,1H3. The highest BCUT2D eigenvalue weighted by molar-refractivity contribution is 9.10. The molecular weight excluding hydrogens is 328 g/mol. The van der Waals surface area contributed by atoms with Crippen molar-refractivity contribution in [2.24, 2.45) is 0 Å². The monoisotopic (exact) mass is 340 g/mol. The summed E-state index contributed by atoms with van der Waals surface area (Å²) >= 11 is 9.53. The molecule has 1 N–H and O–H groups in total. The van der Waals surface area contributed by atoms with Gasteiger partial charge in [0.2, 0.25) is 0 Å². The fourth-order valence-electron chi connectivity index (χ4n) is 1.64. The van der Waals surface area contributed by atoms with Crippen LogP contribution in [-0.4, -0.2) is 11.6 Å². The van der Waals surface area contributed by atoms with Gasteiger partial charge >= 0.3 is 0 Å². The lowest BCUT2D eigenvalue weighted by Crippen LogP contribution is -2.00. The minimum Gasteiger partial charge on any atom is -0.492 e. The molecule has 0 aliphatic carbocycles. The van der Waals surface area contributed by atoms with Gasteiger partial charge in [-0.2, -0.15) is 0 Å². The van der Waals surface area contributed by atoms with Crippen LogP contribution in [0.1, 0.15) is 12.5 Å². The average Bonchev–Trinajstić information content (AvgIpc) is 2.39. The number of ether oxygens (including phenoxy) is 1. The van der Waals surface area contributed by atoms with E-state index >= 15 is 0 Å². The number of anilines is 1. The van der Waals surface area contributed by atoms with Crippen molar-refractivity contribution in [2.75, 3.05) is 11.9 Å². The van der Waals surface area contributed by atoms with Crippen LogP contribution in [0, 0.1) is 0 Å². The Balaban J connectivity index is 2.02. The molecule has 0 aliphatic heterocycles. The SMILES string of the molecule is CCOc1ccc(NCc2cncc(Br)c2)cc1Cl. The smallest absolute Gasteiger partial charge is 0.138 e. The third kappa shape index (κ3) is 4.11. The van der Waals surface area contributed by atoms with Crippen molar-refractivity contribution in [2.45, 2.75) is 13.5 Å². The highest BCUT2D eigenvalue weighted by Crippen LogP contribution is 2.27. The van der Waals surface area contributed by atoms with E-state index < -0.39 is 0 Å². The summed E-state index contributed by atoms with van der Waals surface area (Å²) in [5, 5.41) is 3.91. The van der Waals surface area contributed by atoms with E-state index in [4.69, 9.17) is 16.3 Å². The maximum atomic E-state index is 6.13. The van der Waals surface area contributed by atoms with E-state index in [0.717, 1.165) is 15.7 Å². The van der Waals surface area contributed by atoms with Crippen molar-refractivity contribution in [3.8, 4) is 5.75 Å². The van der Waals surface area contributed by atoms with Crippen molar-refractivity contribution < 1.29 is 4.74 Å². The topological polar surface area (TPSA) is 34.1 Å². The van der Waals surface area contributed by atoms with Gasteiger partial charge in [0.05, 0.1) is 11.6 Å². The number of rotatable bonds is 5. The average molecular weight is 342 g/mol. The Labute approximate surface area is 126 Å². The Morgan fingerprint density at radius 1 is 1.32 bits per heavy atom. The Bertz CT molecular complexity index is 563. The molecule has 0 unspecified atom stereocenters. The van der Waals surface area contributed by atoms with E-state index in [2.05, 4.69) is 26.2 Å². The summed E-state index contributed by atoms with van der Waals surface area (Å²) in [7, 11) is 0. The van der Waals surface area contributed by atoms with E-state index in [9.17, 15) is 0 Å². The first-order chi connectivity index (χ1) is 9.19. The lowest BCUT2D eigenvalue weighted by atomic mass is 10.2. The largest absolute Gasteiger partial charge is 0.492 e. The van der Waals surface area contributed by atoms with E-state index in [1.165, 1.54) is 0 Å². The molecule has 0 fully saturated rings. The van der Waals surface area contributed by atoms with Gasteiger partial charge in [0.15, 0.2) is 0 Å². The molecule has 1 heterocycles. The van der Waals surface area contributed by atoms with Crippen LogP contribution in [-0.2, 0) is 6.54 Å². The predicted molar refractivity (Wildman–Crippen MR) is 81.9 cm³/mol. The van der Waals surface area contributed by atoms with Gasteiger partial charge in [0.1, 0.15) is 5.75 Å². The van der Waals surface area contributed by atoms with Crippen LogP contribution >= 0.6 is 27.5 Å². The van der Waals surface area contributed by atoms with Crippen LogP contribution in [0.5, 0.6) is 5.75 Å². The van der Waals surface area contributed by atoms with Crippen molar-refractivity contribution in [3.05, 3.63) is 51.7 Å². The van der Waals surface area contributed by atoms with E-state index in [-0.39, 0.29) is 0 Å². The molecule has 3 nitrogen and oxygen atoms in total. The Hall–Kier alpha value is -1.26. The summed E-state index contributed by atoms with van der Waals surface area (Å²) in [4.78, 5) is 4.12. The van der Waals surface area contributed by atoms with Gasteiger partial charge < -0.3 is 10.1 Å². The lowest BCUT2D eigenvalue weighted by Gasteiger charge is -2.10. The molecule has 5 heteroatoms. The third-order valence-electron chi connectivity index (χ3n) is 2.49. The predicted octanol–water partition coefficient (Wildman–Crippen LogP) is 4.51. The minimum atomic E-state index is 0.607. The normalized spacial score (nSPS) is 10.3. The molecule has 0 amide bonds. The van der Waals surface area contributed by atoms with Crippen molar-refractivity contribution in [1.82, 2.24) is 4.98 Å². The highest BCUT2D eigenvalue weighted by atomic mass is 79.9. The Kier molecular flexibility index (Phi) is 5.05. The molecule has 1 aromatic carbocycles. The highest BCUT2D eigenvalue weighted by Gasteiger charge is 2.02. The number of nitrogens with zero attached hydrogens (tertiary/aromatic N) is 1. The van der Waals surface area contributed by atoms with E-state index in [0.29, 0.717) is 23.9 Å². The molecule has 0 aliphatic rings. The third-order valence-corrected chi connectivity index (χ3v) is 3.22. The van der Waals surface area contributed by atoms with Crippen LogP contribution in [0.3, 0.4) is 0 Å². The number of pyridine rings is 1. The molecule has 2 aromatic rings. The Morgan fingerprint density at radius 3 is 2.84 bits per heavy atom. The first kappa shape index (κ1) is 14.2. The molecule has 0 spiro atoms. The molecule has 0 saturated heterocycles. The number of benzene rings is 1. The molecule has 0 saturated carbocycles. The maximum absolute atomic E-state index is 6.13. The van der Waals surface area contributed by atoms with Crippen LogP contribution in [0.2, 0.25) is 5.02 Å². The van der Waals surface area contributed by atoms with Gasteiger partial charge in [0.25, 0.3) is 0 Å². The molecule has 2 rings (SSSR count). The van der Waals surface area contributed by atoms with Gasteiger partial charge in [-0.1, -0.05) is 11.6 Å². The summed E-state index contributed by atoms with van der Waals surface area (Å²) in [6.45, 7) is 3.23. The van der Waals surface area contributed by atoms with Crippen molar-refractivity contribution >= 4 is 33.2 Å². The number of halogens is 2. The summed E-state index contributed by atoms with van der Waals surface area (Å²) in [5.41, 5.74) is 2.05. The van der Waals surface area contributed by atoms with Crippen LogP contribution in [0.4, 0.5) is 5.69 Å². The second kappa shape index (κ2) is 6.78. The maximum Gasteiger partial charge on any atom is 0.138 e. The second-order valence-corrected chi connectivity index (χ2v) is 5.27. The molecule has 1 aromatic heterocycles. The fourth-order valence-corrected chi connectivity index (χ4v) is 2.29. The molecule has 0 atom stereocenters. The second-order valence-electron chi connectivity index (χ2n) is 3.94. The first-order valence-corrected chi connectivity index (χ1v) is 7.12. The first-order valence-electron chi connectivity index (χ1n) is 5.94. The minimum absolute atomic E-state index is 0.607. The summed E-state index contributed by atoms with van der Waals surface area (Å²) in [6, 6.07) is 7.70. The summed E-state index contributed by atoms with van der Waals surface area (Å²) in [6.07, 6.45) is 3.59. The Morgan fingerprint density at radius 2 is 2.16 bits per heavy atom. The van der Waals surface area contributed by atoms with Crippen molar-refractivity contribution in [1.29, 1.82) is 0 Å². The number of hydrogen-bond donors (Lipinski definition) is 1. The number of nitrogens with one attached hydrogen (secondary N) is 1. The van der Waals surface area contributed by atoms with Gasteiger partial charge in [-0.05, 0) is 52.7 Å². The van der Waals surface area contributed by atoms with E-state index in [1.807, 2.05) is 37.4 Å². The number of hydrogen-bond acceptors (Lipinski definition) is 3. The zero-order valence-electron chi connectivity index (χ0n) is 10.5. The van der Waals surface area contributed by atoms with Crippen LogP contribution < -0.4 is 10.1 Å². The fraction of sp³-hybridized carbons (Fsp3) is 0.214. The molecule has 100 valence electrons. The zero-order chi connectivity index (χ0) is 13.7. The molecule has 19 heavy (non-hydrogen) atoms. The van der Waals surface area contributed by atoms with Gasteiger partial charge in [-0.25, -0.2) is 0 Å². The lowest BCUT2D eigenvalue weighted by molar-refractivity contribution is 0.340. The summed E-state index contributed by atoms with van der Waals surface area (Å²) < 4.78 is 6.36. The van der Waals surface area contributed by atoms with Crippen molar-refractivity contribution in [3.63, 3.8) is 0 Å². The van der Waals surface area contributed by atoms with Gasteiger partial charge in [-0.15, -0.1) is 0 Å². The molecule has 0 bridgehead atoms. The van der Waals surface area contributed by atoms with Crippen LogP contribution in [0.15, 0.2) is 41.1 Å².